The molecular formula is C70H91N3O5. The first kappa shape index (κ1) is 48.2. The van der Waals surface area contributed by atoms with Crippen LogP contribution in [0.15, 0.2) is 64.3 Å². The molecule has 3 N–H and O–H groups in total. The van der Waals surface area contributed by atoms with Crippen LogP contribution < -0.4 is 5.73 Å². The van der Waals surface area contributed by atoms with Gasteiger partial charge in [0.05, 0.1) is 11.0 Å². The lowest BCUT2D eigenvalue weighted by Crippen LogP contribution is -2.78. The van der Waals surface area contributed by atoms with E-state index in [1.54, 1.807) is 11.3 Å². The molecule has 0 amide bonds. The van der Waals surface area contributed by atoms with Gasteiger partial charge in [0.25, 0.3) is 0 Å². The number of benzene rings is 1. The van der Waals surface area contributed by atoms with Crippen molar-refractivity contribution < 1.29 is 24.2 Å². The van der Waals surface area contributed by atoms with Crippen molar-refractivity contribution >= 4 is 11.9 Å². The van der Waals surface area contributed by atoms with Crippen molar-refractivity contribution in [2.75, 3.05) is 19.6 Å². The van der Waals surface area contributed by atoms with Gasteiger partial charge in [0, 0.05) is 60.2 Å². The van der Waals surface area contributed by atoms with E-state index >= 15 is 9.59 Å². The van der Waals surface area contributed by atoms with Crippen molar-refractivity contribution in [1.82, 2.24) is 9.80 Å². The van der Waals surface area contributed by atoms with Gasteiger partial charge in [0.15, 0.2) is 11.4 Å². The zero-order valence-electron chi connectivity index (χ0n) is 47.1. The Morgan fingerprint density at radius 2 is 1.47 bits per heavy atom. The standard InChI is InChI=1S/C70H91N3O5/c71-31-11-17-42-16-10-18-53-57(42)64(75)78-70(53)56-35-43(40-12-4-5-13-40)19-20-44-33-52-51(41-14-2-1-3-15-41)34-45-21-23-54-46-32-47-39-73(54)61(45)58(52)49-25-30-68(70)63(77-65(76)69(56,68)59(44)49)62(74)50-22-24-55(47)72(38-46)60(50)48-36-66(26-6-7-27-66)67(37-48)28-8-9-29-67/h10,16,18-20,40-41,43-44,46-48,50-52,54-56,58,60,74H,1-9,11-15,17,21-39,71H2. The number of fused-ring (bicyclic) bond motifs is 9. The quantitative estimate of drug-likeness (QED) is 0.214. The summed E-state index contributed by atoms with van der Waals surface area (Å²) in [7, 11) is 0. The van der Waals surface area contributed by atoms with E-state index < -0.39 is 16.4 Å². The van der Waals surface area contributed by atoms with Crippen LogP contribution in [-0.4, -0.2) is 64.6 Å². The fourth-order valence-corrected chi connectivity index (χ4v) is 26.6. The molecule has 1 aromatic carbocycles. The van der Waals surface area contributed by atoms with E-state index in [2.05, 4.69) is 40.2 Å². The van der Waals surface area contributed by atoms with E-state index in [1.807, 2.05) is 5.57 Å². The molecule has 5 spiro atoms. The third kappa shape index (κ3) is 5.75. The number of nitrogens with two attached hydrogens (primary N) is 1. The Kier molecular flexibility index (Phi) is 10.4. The Labute approximate surface area is 465 Å². The summed E-state index contributed by atoms with van der Waals surface area (Å²) >= 11 is 0. The minimum atomic E-state index is -1.13. The van der Waals surface area contributed by atoms with Gasteiger partial charge in [-0.1, -0.05) is 112 Å². The van der Waals surface area contributed by atoms with Crippen LogP contribution in [0.2, 0.25) is 0 Å². The van der Waals surface area contributed by atoms with Gasteiger partial charge in [-0.25, -0.2) is 4.79 Å². The molecule has 10 aliphatic carbocycles. The minimum Gasteiger partial charge on any atom is -0.508 e. The number of piperidine rings is 3. The molecule has 4 saturated heterocycles. The molecule has 10 fully saturated rings. The monoisotopic (exact) mass is 1050 g/mol. The highest BCUT2D eigenvalue weighted by Crippen LogP contribution is 2.89. The van der Waals surface area contributed by atoms with Gasteiger partial charge in [-0.15, -0.1) is 0 Å². The summed E-state index contributed by atoms with van der Waals surface area (Å²) in [5.41, 5.74) is 13.2. The predicted octanol–water partition coefficient (Wildman–Crippen LogP) is 13.9. The molecule has 8 heteroatoms. The van der Waals surface area contributed by atoms with Crippen LogP contribution in [0.3, 0.4) is 0 Å². The van der Waals surface area contributed by atoms with Gasteiger partial charge in [-0.2, -0.15) is 0 Å². The second kappa shape index (κ2) is 16.9. The van der Waals surface area contributed by atoms with E-state index in [9.17, 15) is 5.11 Å². The third-order valence-electron chi connectivity index (χ3n) is 28.8. The van der Waals surface area contributed by atoms with Crippen molar-refractivity contribution in [1.29, 1.82) is 0 Å². The van der Waals surface area contributed by atoms with Crippen LogP contribution in [0.25, 0.3) is 0 Å². The predicted molar refractivity (Wildman–Crippen MR) is 300 cm³/mol. The lowest BCUT2D eigenvalue weighted by molar-refractivity contribution is -0.282. The molecule has 15 atom stereocenters. The zero-order chi connectivity index (χ0) is 51.7. The topological polar surface area (TPSA) is 105 Å². The first-order valence-electron chi connectivity index (χ1n) is 33.6. The van der Waals surface area contributed by atoms with Gasteiger partial charge in [-0.3, -0.25) is 9.69 Å². The molecule has 7 heterocycles. The first-order chi connectivity index (χ1) is 38.2. The van der Waals surface area contributed by atoms with E-state index in [4.69, 9.17) is 15.2 Å². The van der Waals surface area contributed by atoms with Gasteiger partial charge in [-0.05, 0) is 210 Å². The number of aliphatic hydroxyl groups excluding tert-OH is 1. The van der Waals surface area contributed by atoms with E-state index in [0.717, 1.165) is 74.1 Å². The minimum absolute atomic E-state index is 0.106. The van der Waals surface area contributed by atoms with Gasteiger partial charge >= 0.3 is 11.9 Å². The lowest BCUT2D eigenvalue weighted by atomic mass is 9.27. The van der Waals surface area contributed by atoms with Crippen LogP contribution in [0.4, 0.5) is 0 Å². The molecule has 15 unspecified atom stereocenters. The number of nitrogens with zero attached hydrogens (tertiary/aromatic N) is 2. The van der Waals surface area contributed by atoms with Crippen LogP contribution in [0, 0.1) is 92.7 Å². The maximum atomic E-state index is 17.0. The summed E-state index contributed by atoms with van der Waals surface area (Å²) in [5, 5.41) is 14.5. The second-order valence-electron chi connectivity index (χ2n) is 30.8. The molecule has 6 saturated carbocycles. The molecule has 78 heavy (non-hydrogen) atoms. The average molecular weight is 1050 g/mol. The summed E-state index contributed by atoms with van der Waals surface area (Å²) in [4.78, 5) is 38.8. The maximum Gasteiger partial charge on any atom is 0.339 e. The smallest absolute Gasteiger partial charge is 0.339 e. The molecule has 7 bridgehead atoms. The van der Waals surface area contributed by atoms with Crippen molar-refractivity contribution in [2.24, 2.45) is 98.4 Å². The Bertz CT molecular complexity index is 2850. The Balaban J connectivity index is 0.916. The molecule has 7 aliphatic heterocycles. The summed E-state index contributed by atoms with van der Waals surface area (Å²) in [6, 6.07) is 7.85. The fraction of sp³-hybridized carbons (Fsp3) is 0.771. The number of rotatable bonds is 6. The summed E-state index contributed by atoms with van der Waals surface area (Å²) < 4.78 is 15.1. The molecule has 0 radical (unpaired) electrons. The normalized spacial score (nSPS) is 45.3. The van der Waals surface area contributed by atoms with Crippen molar-refractivity contribution in [3.63, 3.8) is 0 Å². The number of allylic oxidation sites excluding steroid dienone is 4. The highest BCUT2D eigenvalue weighted by Gasteiger charge is 2.94. The Morgan fingerprint density at radius 3 is 2.26 bits per heavy atom. The second-order valence-corrected chi connectivity index (χ2v) is 30.8. The van der Waals surface area contributed by atoms with Gasteiger partial charge in [0.2, 0.25) is 0 Å². The third-order valence-corrected chi connectivity index (χ3v) is 28.8. The van der Waals surface area contributed by atoms with Crippen molar-refractivity contribution in [3.05, 3.63) is 81.0 Å². The molecule has 18 rings (SSSR count). The van der Waals surface area contributed by atoms with Crippen LogP contribution in [0.5, 0.6) is 0 Å². The van der Waals surface area contributed by atoms with Crippen LogP contribution >= 0.6 is 0 Å². The number of ether oxygens (including phenoxy) is 2. The Hall–Kier alpha value is -3.36. The highest BCUT2D eigenvalue weighted by atomic mass is 16.6. The largest absolute Gasteiger partial charge is 0.508 e. The number of carbonyl (C=O) groups is 2. The number of aliphatic hydroxyl groups is 1. The summed E-state index contributed by atoms with van der Waals surface area (Å²) in [6.45, 7) is 2.89. The van der Waals surface area contributed by atoms with Crippen molar-refractivity contribution in [3.8, 4) is 0 Å². The van der Waals surface area contributed by atoms with Gasteiger partial charge < -0.3 is 25.2 Å². The number of hydrogen-bond donors (Lipinski definition) is 2. The average Bonchev–Trinajstić information content (AvgIpc) is 2.34. The summed E-state index contributed by atoms with van der Waals surface area (Å²) in [5.74, 6) is 5.23. The summed E-state index contributed by atoms with van der Waals surface area (Å²) in [6.07, 6.45) is 43.1. The molecular weight excluding hydrogens is 963 g/mol. The SMILES string of the molecule is NCCCc1cccc2c1C(=O)OC21C2CC(C3CCCC3)C=CC3CC4C5C6=C3C23C(=O)OC(=C(O)C2CCC7C8CC(CN7C2C2CC7(CCCC7)C7(CCCC7)C2)C2CCC(=C5N2C8)CC4C2CCCCC2)C31CC6. The van der Waals surface area contributed by atoms with E-state index in [-0.39, 0.29) is 41.7 Å². The number of esters is 2. The first-order valence-corrected chi connectivity index (χ1v) is 33.6. The molecule has 17 aliphatic rings. The lowest BCUT2D eigenvalue weighted by Gasteiger charge is -2.73. The zero-order valence-corrected chi connectivity index (χ0v) is 47.1. The molecule has 8 nitrogen and oxygen atoms in total. The molecule has 1 aromatic rings. The van der Waals surface area contributed by atoms with E-state index in [1.165, 1.54) is 160 Å². The highest BCUT2D eigenvalue weighted by molar-refractivity contribution is 6.00. The molecule has 0 aromatic heterocycles. The van der Waals surface area contributed by atoms with Crippen molar-refractivity contribution in [2.45, 2.75) is 223 Å². The molecule has 416 valence electrons. The number of aryl methyl sites for hydroxylation is 1. The fourth-order valence-electron chi connectivity index (χ4n) is 26.6. The number of carbonyl (C=O) groups excluding carboxylic acids is 2. The van der Waals surface area contributed by atoms with Gasteiger partial charge in [0.1, 0.15) is 11.2 Å². The Morgan fingerprint density at radius 1 is 0.718 bits per heavy atom. The number of hydrogen-bond acceptors (Lipinski definition) is 8. The van der Waals surface area contributed by atoms with Crippen LogP contribution in [0.1, 0.15) is 214 Å². The van der Waals surface area contributed by atoms with Crippen LogP contribution in [-0.2, 0) is 26.3 Å². The maximum absolute atomic E-state index is 17.0. The van der Waals surface area contributed by atoms with E-state index in [0.29, 0.717) is 88.8 Å².